The first-order chi connectivity index (χ1) is 7.11. The number of para-hydroxylation sites is 1. The number of benzene rings is 1. The van der Waals surface area contributed by atoms with Crippen molar-refractivity contribution in [2.75, 3.05) is 4.90 Å². The molecule has 1 aromatic carbocycles. The standard InChI is InChI=1S/C11H8FNO2/c1-7-6-10(14)13(11(7)15)9-5-3-2-4-8(9)12/h2-6H,1H3. The van der Waals surface area contributed by atoms with E-state index in [4.69, 9.17) is 0 Å². The highest BCUT2D eigenvalue weighted by molar-refractivity contribution is 6.30. The van der Waals surface area contributed by atoms with Crippen LogP contribution in [0.4, 0.5) is 10.1 Å². The van der Waals surface area contributed by atoms with Crippen LogP contribution < -0.4 is 4.90 Å². The molecule has 1 aliphatic heterocycles. The molecule has 0 N–H and O–H groups in total. The molecule has 0 bridgehead atoms. The minimum absolute atomic E-state index is 0.000556. The molecule has 0 saturated carbocycles. The molecule has 0 aromatic heterocycles. The predicted molar refractivity (Wildman–Crippen MR) is 52.7 cm³/mol. The second-order valence-corrected chi connectivity index (χ2v) is 3.26. The summed E-state index contributed by atoms with van der Waals surface area (Å²) in [6.45, 7) is 1.53. The molecule has 0 saturated heterocycles. The molecule has 1 aliphatic rings. The number of carbonyl (C=O) groups excluding carboxylic acids is 2. The SMILES string of the molecule is CC1=CC(=O)N(c2ccccc2F)C1=O. The zero-order valence-electron chi connectivity index (χ0n) is 8.03. The van der Waals surface area contributed by atoms with Crippen molar-refractivity contribution in [3.05, 3.63) is 41.7 Å². The summed E-state index contributed by atoms with van der Waals surface area (Å²) < 4.78 is 13.3. The highest BCUT2D eigenvalue weighted by Crippen LogP contribution is 2.24. The maximum atomic E-state index is 13.3. The van der Waals surface area contributed by atoms with Crippen molar-refractivity contribution in [2.45, 2.75) is 6.92 Å². The van der Waals surface area contributed by atoms with Gasteiger partial charge in [-0.25, -0.2) is 9.29 Å². The average Bonchev–Trinajstić information content (AvgIpc) is 2.43. The molecule has 1 heterocycles. The van der Waals surface area contributed by atoms with E-state index >= 15 is 0 Å². The fraction of sp³-hybridized carbons (Fsp3) is 0.0909. The summed E-state index contributed by atoms with van der Waals surface area (Å²) in [7, 11) is 0. The van der Waals surface area contributed by atoms with Gasteiger partial charge in [-0.05, 0) is 19.1 Å². The van der Waals surface area contributed by atoms with Gasteiger partial charge in [-0.15, -0.1) is 0 Å². The fourth-order valence-corrected chi connectivity index (χ4v) is 1.45. The molecule has 1 aromatic rings. The van der Waals surface area contributed by atoms with E-state index in [0.717, 1.165) is 4.90 Å². The van der Waals surface area contributed by atoms with Gasteiger partial charge in [0.15, 0.2) is 0 Å². The van der Waals surface area contributed by atoms with Crippen LogP contribution in [0.2, 0.25) is 0 Å². The number of halogens is 1. The van der Waals surface area contributed by atoms with Gasteiger partial charge < -0.3 is 0 Å². The number of rotatable bonds is 1. The normalized spacial score (nSPS) is 15.9. The Balaban J connectivity index is 2.47. The lowest BCUT2D eigenvalue weighted by atomic mass is 10.2. The number of amides is 2. The highest BCUT2D eigenvalue weighted by atomic mass is 19.1. The van der Waals surface area contributed by atoms with Crippen LogP contribution in [0.25, 0.3) is 0 Å². The van der Waals surface area contributed by atoms with Gasteiger partial charge >= 0.3 is 0 Å². The maximum Gasteiger partial charge on any atom is 0.261 e. The molecular formula is C11H8FNO2. The quantitative estimate of drug-likeness (QED) is 0.653. The Bertz CT molecular complexity index is 479. The van der Waals surface area contributed by atoms with E-state index in [1.54, 1.807) is 6.07 Å². The van der Waals surface area contributed by atoms with E-state index in [-0.39, 0.29) is 5.69 Å². The summed E-state index contributed by atoms with van der Waals surface area (Å²) in [5.74, 6) is -1.55. The molecule has 0 radical (unpaired) electrons. The second-order valence-electron chi connectivity index (χ2n) is 3.26. The van der Waals surface area contributed by atoms with Crippen LogP contribution in [0.3, 0.4) is 0 Å². The van der Waals surface area contributed by atoms with Crippen LogP contribution in [0.1, 0.15) is 6.92 Å². The Morgan fingerprint density at radius 2 is 1.87 bits per heavy atom. The summed E-state index contributed by atoms with van der Waals surface area (Å²) in [5.41, 5.74) is 0.323. The average molecular weight is 205 g/mol. The molecule has 0 spiro atoms. The van der Waals surface area contributed by atoms with Crippen molar-refractivity contribution in [2.24, 2.45) is 0 Å². The largest absolute Gasteiger partial charge is 0.269 e. The van der Waals surface area contributed by atoms with E-state index in [2.05, 4.69) is 0 Å². The molecule has 2 rings (SSSR count). The Hall–Kier alpha value is -1.97. The van der Waals surface area contributed by atoms with Crippen molar-refractivity contribution in [1.82, 2.24) is 0 Å². The zero-order valence-corrected chi connectivity index (χ0v) is 8.03. The number of carbonyl (C=O) groups is 2. The number of nitrogens with zero attached hydrogens (tertiary/aromatic N) is 1. The van der Waals surface area contributed by atoms with Gasteiger partial charge in [0.05, 0.1) is 5.69 Å². The summed E-state index contributed by atoms with van der Waals surface area (Å²) >= 11 is 0. The van der Waals surface area contributed by atoms with E-state index < -0.39 is 17.6 Å². The van der Waals surface area contributed by atoms with Gasteiger partial charge in [-0.3, -0.25) is 9.59 Å². The molecule has 15 heavy (non-hydrogen) atoms. The Kier molecular flexibility index (Phi) is 2.11. The smallest absolute Gasteiger partial charge is 0.261 e. The second kappa shape index (κ2) is 3.31. The van der Waals surface area contributed by atoms with Crippen LogP contribution in [0.5, 0.6) is 0 Å². The van der Waals surface area contributed by atoms with E-state index in [1.807, 2.05) is 0 Å². The minimum Gasteiger partial charge on any atom is -0.269 e. The monoisotopic (exact) mass is 205 g/mol. The first kappa shape index (κ1) is 9.58. The van der Waals surface area contributed by atoms with Crippen LogP contribution in [-0.2, 0) is 9.59 Å². The van der Waals surface area contributed by atoms with Crippen molar-refractivity contribution in [3.8, 4) is 0 Å². The minimum atomic E-state index is -0.581. The lowest BCUT2D eigenvalue weighted by molar-refractivity contribution is -0.120. The molecule has 0 unspecified atom stereocenters. The molecule has 0 atom stereocenters. The number of hydrogen-bond donors (Lipinski definition) is 0. The third-order valence-electron chi connectivity index (χ3n) is 2.19. The predicted octanol–water partition coefficient (Wildman–Crippen LogP) is 1.65. The van der Waals surface area contributed by atoms with Gasteiger partial charge in [0, 0.05) is 11.6 Å². The first-order valence-electron chi connectivity index (χ1n) is 4.42. The molecular weight excluding hydrogens is 197 g/mol. The third kappa shape index (κ3) is 1.44. The molecule has 2 amide bonds. The lowest BCUT2D eigenvalue weighted by Crippen LogP contribution is -2.31. The topological polar surface area (TPSA) is 37.4 Å². The molecule has 76 valence electrons. The van der Waals surface area contributed by atoms with Crippen LogP contribution in [-0.4, -0.2) is 11.8 Å². The highest BCUT2D eigenvalue weighted by Gasteiger charge is 2.31. The van der Waals surface area contributed by atoms with E-state index in [0.29, 0.717) is 5.57 Å². The van der Waals surface area contributed by atoms with Crippen LogP contribution in [0, 0.1) is 5.82 Å². The van der Waals surface area contributed by atoms with Gasteiger partial charge in [0.1, 0.15) is 5.82 Å². The van der Waals surface area contributed by atoms with Crippen molar-refractivity contribution >= 4 is 17.5 Å². The third-order valence-corrected chi connectivity index (χ3v) is 2.19. The van der Waals surface area contributed by atoms with Crippen LogP contribution >= 0.6 is 0 Å². The van der Waals surface area contributed by atoms with E-state index in [1.165, 1.54) is 31.2 Å². The summed E-state index contributed by atoms with van der Waals surface area (Å²) in [6.07, 6.45) is 1.20. The molecule has 3 nitrogen and oxygen atoms in total. The summed E-state index contributed by atoms with van der Waals surface area (Å²) in [4.78, 5) is 23.8. The lowest BCUT2D eigenvalue weighted by Gasteiger charge is -2.14. The van der Waals surface area contributed by atoms with Gasteiger partial charge in [0.25, 0.3) is 11.8 Å². The number of anilines is 1. The first-order valence-corrected chi connectivity index (χ1v) is 4.42. The van der Waals surface area contributed by atoms with Gasteiger partial charge in [0.2, 0.25) is 0 Å². The Morgan fingerprint density at radius 3 is 2.40 bits per heavy atom. The van der Waals surface area contributed by atoms with Crippen molar-refractivity contribution in [3.63, 3.8) is 0 Å². The Morgan fingerprint density at radius 1 is 1.20 bits per heavy atom. The van der Waals surface area contributed by atoms with E-state index in [9.17, 15) is 14.0 Å². The van der Waals surface area contributed by atoms with Gasteiger partial charge in [-0.1, -0.05) is 12.1 Å². The zero-order chi connectivity index (χ0) is 11.0. The van der Waals surface area contributed by atoms with Crippen molar-refractivity contribution < 1.29 is 14.0 Å². The summed E-state index contributed by atoms with van der Waals surface area (Å²) in [6, 6.07) is 5.69. The number of imide groups is 1. The molecule has 0 aliphatic carbocycles. The van der Waals surface area contributed by atoms with Gasteiger partial charge in [-0.2, -0.15) is 0 Å². The molecule has 4 heteroatoms. The summed E-state index contributed by atoms with van der Waals surface area (Å²) in [5, 5.41) is 0. The van der Waals surface area contributed by atoms with Crippen LogP contribution in [0.15, 0.2) is 35.9 Å². The Labute approximate surface area is 85.8 Å². The van der Waals surface area contributed by atoms with Crippen molar-refractivity contribution in [1.29, 1.82) is 0 Å². The number of hydrogen-bond acceptors (Lipinski definition) is 2. The maximum absolute atomic E-state index is 13.3. The molecule has 0 fully saturated rings. The fourth-order valence-electron chi connectivity index (χ4n) is 1.45.